The largest absolute Gasteiger partial charge is 0.474 e. The van der Waals surface area contributed by atoms with Crippen LogP contribution in [-0.4, -0.2) is 7.11 Å². The van der Waals surface area contributed by atoms with Crippen LogP contribution < -0.4 is 0 Å². The first-order chi connectivity index (χ1) is 8.10. The smallest absolute Gasteiger partial charge is 0.280 e. The molecule has 0 bridgehead atoms. The molecule has 0 aliphatic rings. The van der Waals surface area contributed by atoms with Gasteiger partial charge in [-0.1, -0.05) is 42.8 Å². The standard InChI is InChI=1S/C15H19FO.FH/c1-5-6-7-14(15(16)17-4)13-9-8-11(2)10-12(13)3;/h6-10H,5H2,1-4H3;1H/b7-6-,15-14+;. The van der Waals surface area contributed by atoms with Crippen molar-refractivity contribution in [2.24, 2.45) is 0 Å². The van der Waals surface area contributed by atoms with Crippen molar-refractivity contribution >= 4 is 5.57 Å². The molecule has 0 unspecified atom stereocenters. The van der Waals surface area contributed by atoms with E-state index in [0.717, 1.165) is 17.5 Å². The Bertz CT molecular complexity index is 448. The Kier molecular flexibility index (Phi) is 6.94. The highest BCUT2D eigenvalue weighted by atomic mass is 19.1. The number of hydrogen-bond donors (Lipinski definition) is 0. The average Bonchev–Trinajstić information content (AvgIpc) is 2.31. The molecule has 100 valence electrons. The molecule has 0 saturated carbocycles. The van der Waals surface area contributed by atoms with Gasteiger partial charge in [0.05, 0.1) is 12.7 Å². The maximum Gasteiger partial charge on any atom is 0.280 e. The number of benzene rings is 1. The SMILES string of the molecule is CC/C=C\C(=C(\F)OC)c1ccc(C)cc1C.F. The van der Waals surface area contributed by atoms with E-state index in [9.17, 15) is 4.39 Å². The maximum atomic E-state index is 13.7. The molecule has 0 spiro atoms. The van der Waals surface area contributed by atoms with Crippen LogP contribution in [0.4, 0.5) is 9.09 Å². The van der Waals surface area contributed by atoms with E-state index in [0.29, 0.717) is 5.57 Å². The van der Waals surface area contributed by atoms with E-state index in [2.05, 4.69) is 0 Å². The monoisotopic (exact) mass is 254 g/mol. The van der Waals surface area contributed by atoms with Gasteiger partial charge in [0, 0.05) is 0 Å². The van der Waals surface area contributed by atoms with Gasteiger partial charge in [-0.3, -0.25) is 4.70 Å². The first-order valence-corrected chi connectivity index (χ1v) is 5.78. The molecule has 0 amide bonds. The molecule has 0 N–H and O–H groups in total. The summed E-state index contributed by atoms with van der Waals surface area (Å²) in [6, 6.07) is 5.41. The van der Waals surface area contributed by atoms with E-state index >= 15 is 0 Å². The van der Waals surface area contributed by atoms with Gasteiger partial charge >= 0.3 is 0 Å². The number of rotatable bonds is 4. The fourth-order valence-electron chi connectivity index (χ4n) is 1.72. The van der Waals surface area contributed by atoms with Gasteiger partial charge in [0.2, 0.25) is 0 Å². The minimum Gasteiger partial charge on any atom is -0.474 e. The molecular formula is C15H20F2O. The fourth-order valence-corrected chi connectivity index (χ4v) is 1.72. The quantitative estimate of drug-likeness (QED) is 0.558. The number of aryl methyl sites for hydroxylation is 2. The van der Waals surface area contributed by atoms with E-state index in [1.165, 1.54) is 12.7 Å². The van der Waals surface area contributed by atoms with Crippen LogP contribution in [0.2, 0.25) is 0 Å². The van der Waals surface area contributed by atoms with Gasteiger partial charge in [0.1, 0.15) is 0 Å². The number of allylic oxidation sites excluding steroid dienone is 3. The average molecular weight is 254 g/mol. The summed E-state index contributed by atoms with van der Waals surface area (Å²) in [5, 5.41) is 0. The Morgan fingerprint density at radius 3 is 2.50 bits per heavy atom. The van der Waals surface area contributed by atoms with Crippen LogP contribution in [0.15, 0.2) is 36.4 Å². The molecule has 0 saturated heterocycles. The van der Waals surface area contributed by atoms with Gasteiger partial charge in [0.25, 0.3) is 6.01 Å². The van der Waals surface area contributed by atoms with Crippen LogP contribution in [0.5, 0.6) is 0 Å². The van der Waals surface area contributed by atoms with Crippen molar-refractivity contribution in [3.63, 3.8) is 0 Å². The molecule has 18 heavy (non-hydrogen) atoms. The van der Waals surface area contributed by atoms with Crippen LogP contribution >= 0.6 is 0 Å². The summed E-state index contributed by atoms with van der Waals surface area (Å²) < 4.78 is 18.4. The van der Waals surface area contributed by atoms with Gasteiger partial charge in [-0.25, -0.2) is 0 Å². The second-order valence-corrected chi connectivity index (χ2v) is 4.02. The molecule has 0 fully saturated rings. The van der Waals surface area contributed by atoms with Gasteiger partial charge in [-0.15, -0.1) is 0 Å². The van der Waals surface area contributed by atoms with Gasteiger partial charge in [0.15, 0.2) is 0 Å². The lowest BCUT2D eigenvalue weighted by Crippen LogP contribution is -1.92. The van der Waals surface area contributed by atoms with E-state index < -0.39 is 6.01 Å². The highest BCUT2D eigenvalue weighted by Gasteiger charge is 2.09. The van der Waals surface area contributed by atoms with Gasteiger partial charge < -0.3 is 4.74 Å². The summed E-state index contributed by atoms with van der Waals surface area (Å²) in [6.07, 6.45) is 4.56. The lowest BCUT2D eigenvalue weighted by Gasteiger charge is -2.09. The fraction of sp³-hybridized carbons (Fsp3) is 0.333. The Balaban J connectivity index is 0.00000289. The number of methoxy groups -OCH3 is 1. The van der Waals surface area contributed by atoms with Crippen LogP contribution in [0, 0.1) is 13.8 Å². The third-order valence-corrected chi connectivity index (χ3v) is 2.58. The number of ether oxygens (including phenoxy) is 1. The second kappa shape index (κ2) is 7.64. The summed E-state index contributed by atoms with van der Waals surface area (Å²) in [5.41, 5.74) is 3.60. The predicted molar refractivity (Wildman–Crippen MR) is 72.9 cm³/mol. The van der Waals surface area contributed by atoms with Gasteiger partial charge in [-0.2, -0.15) is 4.39 Å². The normalized spacial score (nSPS) is 12.1. The summed E-state index contributed by atoms with van der Waals surface area (Å²) in [5.74, 6) is 0. The molecule has 0 aliphatic carbocycles. The van der Waals surface area contributed by atoms with Crippen molar-refractivity contribution in [3.05, 3.63) is 53.1 Å². The van der Waals surface area contributed by atoms with Gasteiger partial charge in [-0.05, 0) is 31.4 Å². The first-order valence-electron chi connectivity index (χ1n) is 5.78. The first kappa shape index (κ1) is 16.4. The minimum absolute atomic E-state index is 0. The maximum absolute atomic E-state index is 13.7. The Hall–Kier alpha value is -1.64. The molecule has 0 aliphatic heterocycles. The molecule has 0 atom stereocenters. The molecule has 0 heterocycles. The Morgan fingerprint density at radius 1 is 1.33 bits per heavy atom. The lowest BCUT2D eigenvalue weighted by atomic mass is 9.99. The molecule has 1 nitrogen and oxygen atoms in total. The molecule has 1 aromatic carbocycles. The van der Waals surface area contributed by atoms with Crippen molar-refractivity contribution in [3.8, 4) is 0 Å². The van der Waals surface area contributed by atoms with Crippen molar-refractivity contribution in [1.29, 1.82) is 0 Å². The van der Waals surface area contributed by atoms with Crippen molar-refractivity contribution in [2.75, 3.05) is 7.11 Å². The lowest BCUT2D eigenvalue weighted by molar-refractivity contribution is 0.206. The zero-order valence-electron chi connectivity index (χ0n) is 11.3. The van der Waals surface area contributed by atoms with Crippen molar-refractivity contribution < 1.29 is 13.8 Å². The summed E-state index contributed by atoms with van der Waals surface area (Å²) in [4.78, 5) is 0. The molecular weight excluding hydrogens is 234 g/mol. The Labute approximate surface area is 107 Å². The molecule has 0 radical (unpaired) electrons. The van der Waals surface area contributed by atoms with E-state index in [1.807, 2.05) is 45.0 Å². The van der Waals surface area contributed by atoms with E-state index in [-0.39, 0.29) is 4.70 Å². The minimum atomic E-state index is -0.540. The number of halogens is 2. The third kappa shape index (κ3) is 3.99. The van der Waals surface area contributed by atoms with E-state index in [4.69, 9.17) is 4.74 Å². The topological polar surface area (TPSA) is 9.23 Å². The number of hydrogen-bond acceptors (Lipinski definition) is 1. The summed E-state index contributed by atoms with van der Waals surface area (Å²) in [7, 11) is 1.35. The predicted octanol–water partition coefficient (Wildman–Crippen LogP) is 4.71. The van der Waals surface area contributed by atoms with Crippen LogP contribution in [-0.2, 0) is 4.74 Å². The molecule has 1 aromatic rings. The zero-order chi connectivity index (χ0) is 12.8. The third-order valence-electron chi connectivity index (χ3n) is 2.58. The highest BCUT2D eigenvalue weighted by molar-refractivity contribution is 5.76. The summed E-state index contributed by atoms with van der Waals surface area (Å²) in [6.45, 7) is 6.01. The molecule has 3 heteroatoms. The van der Waals surface area contributed by atoms with Crippen molar-refractivity contribution in [2.45, 2.75) is 27.2 Å². The van der Waals surface area contributed by atoms with Crippen LogP contribution in [0.1, 0.15) is 30.0 Å². The molecule has 1 rings (SSSR count). The zero-order valence-corrected chi connectivity index (χ0v) is 11.3. The molecule has 0 aromatic heterocycles. The van der Waals surface area contributed by atoms with Crippen LogP contribution in [0.25, 0.3) is 5.57 Å². The van der Waals surface area contributed by atoms with Crippen LogP contribution in [0.3, 0.4) is 0 Å². The second-order valence-electron chi connectivity index (χ2n) is 4.02. The van der Waals surface area contributed by atoms with Crippen molar-refractivity contribution in [1.82, 2.24) is 0 Å². The van der Waals surface area contributed by atoms with E-state index in [1.54, 1.807) is 6.08 Å². The highest BCUT2D eigenvalue weighted by Crippen LogP contribution is 2.25. The summed E-state index contributed by atoms with van der Waals surface area (Å²) >= 11 is 0. The Morgan fingerprint density at radius 2 is 2.00 bits per heavy atom.